The van der Waals surface area contributed by atoms with Crippen LogP contribution in [0.25, 0.3) is 0 Å². The fraction of sp³-hybridized carbons (Fsp3) is 0.588. The molecule has 0 aliphatic rings. The van der Waals surface area contributed by atoms with Gasteiger partial charge >= 0.3 is 0 Å². The van der Waals surface area contributed by atoms with Crippen LogP contribution in [0.5, 0.6) is 0 Å². The van der Waals surface area contributed by atoms with E-state index in [1.807, 2.05) is 30.5 Å². The average molecular weight is 343 g/mol. The molecule has 0 spiro atoms. The third-order valence-electron chi connectivity index (χ3n) is 3.66. The Morgan fingerprint density at radius 1 is 1.09 bits per heavy atom. The minimum absolute atomic E-state index is 0.226. The normalized spacial score (nSPS) is 11.8. The molecule has 22 heavy (non-hydrogen) atoms. The van der Waals surface area contributed by atoms with Crippen LogP contribution in [0.4, 0.5) is 0 Å². The maximum Gasteiger partial charge on any atom is 0.152 e. The van der Waals surface area contributed by atoms with Crippen LogP contribution in [-0.2, 0) is 21.1 Å². The van der Waals surface area contributed by atoms with Crippen molar-refractivity contribution in [1.29, 1.82) is 0 Å². The van der Waals surface area contributed by atoms with E-state index < -0.39 is 9.84 Å². The fourth-order valence-corrected chi connectivity index (χ4v) is 3.58. The lowest BCUT2D eigenvalue weighted by Crippen LogP contribution is -2.17. The van der Waals surface area contributed by atoms with Crippen LogP contribution >= 0.6 is 11.8 Å². The molecule has 0 radical (unpaired) electrons. The quantitative estimate of drug-likeness (QED) is 0.478. The maximum atomic E-state index is 11.9. The van der Waals surface area contributed by atoms with Crippen molar-refractivity contribution < 1.29 is 13.2 Å². The van der Waals surface area contributed by atoms with Crippen molar-refractivity contribution in [3.8, 4) is 0 Å². The highest BCUT2D eigenvalue weighted by atomic mass is 32.2. The second-order valence-corrected chi connectivity index (χ2v) is 9.35. The van der Waals surface area contributed by atoms with E-state index in [-0.39, 0.29) is 16.8 Å². The first-order valence-electron chi connectivity index (χ1n) is 7.71. The standard InChI is InChI=1S/C17H26O3S2/c1-14(2)22(19,20)12-6-4-5-7-16(18)13-15-8-10-17(21-3)11-9-15/h8-11,14H,4-7,12-13H2,1-3H3. The Hall–Kier alpha value is -0.810. The summed E-state index contributed by atoms with van der Waals surface area (Å²) in [4.78, 5) is 13.1. The highest BCUT2D eigenvalue weighted by Gasteiger charge is 2.15. The van der Waals surface area contributed by atoms with Crippen molar-refractivity contribution in [2.45, 2.75) is 56.1 Å². The largest absolute Gasteiger partial charge is 0.299 e. The molecule has 1 rings (SSSR count). The van der Waals surface area contributed by atoms with Crippen LogP contribution in [0.3, 0.4) is 0 Å². The number of hydrogen-bond acceptors (Lipinski definition) is 4. The molecule has 0 bridgehead atoms. The molecule has 3 nitrogen and oxygen atoms in total. The van der Waals surface area contributed by atoms with Gasteiger partial charge < -0.3 is 0 Å². The van der Waals surface area contributed by atoms with Crippen LogP contribution in [0.15, 0.2) is 29.2 Å². The number of hydrogen-bond donors (Lipinski definition) is 0. The van der Waals surface area contributed by atoms with Crippen molar-refractivity contribution in [2.24, 2.45) is 0 Å². The molecule has 5 heteroatoms. The summed E-state index contributed by atoms with van der Waals surface area (Å²) in [5.41, 5.74) is 1.05. The molecule has 0 saturated heterocycles. The summed E-state index contributed by atoms with van der Waals surface area (Å²) in [6.45, 7) is 3.42. The van der Waals surface area contributed by atoms with Gasteiger partial charge in [0.1, 0.15) is 5.78 Å². The zero-order valence-corrected chi connectivity index (χ0v) is 15.3. The number of benzene rings is 1. The lowest BCUT2D eigenvalue weighted by molar-refractivity contribution is -0.118. The molecule has 0 unspecified atom stereocenters. The lowest BCUT2D eigenvalue weighted by atomic mass is 10.0. The number of carbonyl (C=O) groups excluding carboxylic acids is 1. The van der Waals surface area contributed by atoms with Gasteiger partial charge in [-0.1, -0.05) is 18.6 Å². The number of carbonyl (C=O) groups is 1. The van der Waals surface area contributed by atoms with Crippen LogP contribution in [0, 0.1) is 0 Å². The smallest absolute Gasteiger partial charge is 0.152 e. The van der Waals surface area contributed by atoms with Gasteiger partial charge in [0.05, 0.1) is 11.0 Å². The predicted octanol–water partition coefficient (Wildman–Crippen LogP) is 3.90. The van der Waals surface area contributed by atoms with Gasteiger partial charge in [0.15, 0.2) is 9.84 Å². The van der Waals surface area contributed by atoms with Gasteiger partial charge in [-0.2, -0.15) is 0 Å². The van der Waals surface area contributed by atoms with E-state index in [9.17, 15) is 13.2 Å². The minimum atomic E-state index is -2.94. The van der Waals surface area contributed by atoms with Crippen LogP contribution in [0.2, 0.25) is 0 Å². The van der Waals surface area contributed by atoms with Gasteiger partial charge in [0.2, 0.25) is 0 Å². The molecule has 0 heterocycles. The van der Waals surface area contributed by atoms with Gasteiger partial charge in [-0.25, -0.2) is 8.42 Å². The predicted molar refractivity (Wildman–Crippen MR) is 94.3 cm³/mol. The highest BCUT2D eigenvalue weighted by molar-refractivity contribution is 7.98. The van der Waals surface area contributed by atoms with Gasteiger partial charge in [0, 0.05) is 17.7 Å². The number of Topliss-reactive ketones (excluding diaryl/α,β-unsaturated/α-hetero) is 1. The number of sulfone groups is 1. The van der Waals surface area contributed by atoms with Gasteiger partial charge in [-0.15, -0.1) is 11.8 Å². The Morgan fingerprint density at radius 3 is 2.27 bits per heavy atom. The van der Waals surface area contributed by atoms with Crippen molar-refractivity contribution in [3.05, 3.63) is 29.8 Å². The third kappa shape index (κ3) is 6.97. The van der Waals surface area contributed by atoms with E-state index in [4.69, 9.17) is 0 Å². The molecule has 0 saturated carbocycles. The zero-order valence-electron chi connectivity index (χ0n) is 13.7. The SMILES string of the molecule is CSc1ccc(CC(=O)CCCCCS(=O)(=O)C(C)C)cc1. The monoisotopic (exact) mass is 342 g/mol. The van der Waals surface area contributed by atoms with Crippen molar-refractivity contribution in [1.82, 2.24) is 0 Å². The second kappa shape index (κ2) is 9.36. The first-order valence-corrected chi connectivity index (χ1v) is 10.7. The summed E-state index contributed by atoms with van der Waals surface area (Å²) in [7, 11) is -2.94. The molecule has 1 aromatic rings. The van der Waals surface area contributed by atoms with Crippen LogP contribution in [-0.4, -0.2) is 31.5 Å². The zero-order chi connectivity index (χ0) is 16.6. The Balaban J connectivity index is 2.23. The summed E-state index contributed by atoms with van der Waals surface area (Å²) in [5.74, 6) is 0.457. The summed E-state index contributed by atoms with van der Waals surface area (Å²) in [6, 6.07) is 8.06. The van der Waals surface area contributed by atoms with Crippen LogP contribution < -0.4 is 0 Å². The number of thioether (sulfide) groups is 1. The summed E-state index contributed by atoms with van der Waals surface area (Å²) >= 11 is 1.69. The van der Waals surface area contributed by atoms with Gasteiger partial charge in [-0.05, 0) is 50.6 Å². The molecule has 124 valence electrons. The fourth-order valence-electron chi connectivity index (χ4n) is 2.10. The third-order valence-corrected chi connectivity index (χ3v) is 6.70. The Morgan fingerprint density at radius 2 is 1.73 bits per heavy atom. The van der Waals surface area contributed by atoms with E-state index >= 15 is 0 Å². The summed E-state index contributed by atoms with van der Waals surface area (Å²) in [5, 5.41) is -0.307. The molecule has 0 aliphatic heterocycles. The number of rotatable bonds is 10. The summed E-state index contributed by atoms with van der Waals surface area (Å²) < 4.78 is 23.3. The Kier molecular flexibility index (Phi) is 8.18. The van der Waals surface area contributed by atoms with Crippen molar-refractivity contribution >= 4 is 27.4 Å². The molecule has 0 N–H and O–H groups in total. The topological polar surface area (TPSA) is 51.2 Å². The maximum absolute atomic E-state index is 11.9. The van der Waals surface area contributed by atoms with E-state index in [1.165, 1.54) is 4.90 Å². The number of unbranched alkanes of at least 4 members (excludes halogenated alkanes) is 2. The number of ketones is 1. The molecule has 0 atom stereocenters. The second-order valence-electron chi connectivity index (χ2n) is 5.79. The van der Waals surface area contributed by atoms with E-state index in [2.05, 4.69) is 0 Å². The molecule has 0 fully saturated rings. The Bertz CT molecular complexity index is 560. The minimum Gasteiger partial charge on any atom is -0.299 e. The molecule has 0 aromatic heterocycles. The van der Waals surface area contributed by atoms with E-state index in [0.29, 0.717) is 19.3 Å². The molecule has 0 aliphatic carbocycles. The van der Waals surface area contributed by atoms with Gasteiger partial charge in [0.25, 0.3) is 0 Å². The lowest BCUT2D eigenvalue weighted by Gasteiger charge is -2.07. The first kappa shape index (κ1) is 19.2. The molecule has 0 amide bonds. The van der Waals surface area contributed by atoms with Crippen molar-refractivity contribution in [2.75, 3.05) is 12.0 Å². The highest BCUT2D eigenvalue weighted by Crippen LogP contribution is 2.16. The molecular formula is C17H26O3S2. The van der Waals surface area contributed by atoms with E-state index in [0.717, 1.165) is 18.4 Å². The van der Waals surface area contributed by atoms with E-state index in [1.54, 1.807) is 25.6 Å². The van der Waals surface area contributed by atoms with Gasteiger partial charge in [-0.3, -0.25) is 4.79 Å². The average Bonchev–Trinajstić information content (AvgIpc) is 2.47. The Labute approximate surface area is 138 Å². The molecular weight excluding hydrogens is 316 g/mol. The summed E-state index contributed by atoms with van der Waals surface area (Å²) in [6.07, 6.45) is 5.25. The molecule has 1 aromatic carbocycles. The van der Waals surface area contributed by atoms with Crippen molar-refractivity contribution in [3.63, 3.8) is 0 Å². The first-order chi connectivity index (χ1) is 10.3. The van der Waals surface area contributed by atoms with Crippen LogP contribution in [0.1, 0.15) is 45.1 Å².